The highest BCUT2D eigenvalue weighted by molar-refractivity contribution is 5.94. The van der Waals surface area contributed by atoms with Crippen molar-refractivity contribution in [1.82, 2.24) is 10.7 Å². The maximum Gasteiger partial charge on any atom is 0.270 e. The van der Waals surface area contributed by atoms with E-state index in [0.29, 0.717) is 6.42 Å². The number of nitro groups is 1. The van der Waals surface area contributed by atoms with Crippen molar-refractivity contribution in [3.05, 3.63) is 69.8 Å². The van der Waals surface area contributed by atoms with Crippen LogP contribution in [-0.4, -0.2) is 34.6 Å². The molecule has 0 spiro atoms. The largest absolute Gasteiger partial charge is 0.508 e. The number of rotatable bonds is 8. The monoisotopic (exact) mass is 370 g/mol. The molecule has 0 bridgehead atoms. The number of amides is 2. The highest BCUT2D eigenvalue weighted by atomic mass is 16.6. The minimum absolute atomic E-state index is 0.142. The summed E-state index contributed by atoms with van der Waals surface area (Å²) in [4.78, 5) is 33.8. The fraction of sp³-hybridized carbons (Fsp3) is 0.167. The number of non-ortho nitro benzene ring substituents is 1. The maximum absolute atomic E-state index is 11.9. The van der Waals surface area contributed by atoms with E-state index in [4.69, 9.17) is 5.11 Å². The van der Waals surface area contributed by atoms with Crippen molar-refractivity contribution >= 4 is 23.7 Å². The first-order valence-electron chi connectivity index (χ1n) is 8.09. The van der Waals surface area contributed by atoms with Crippen LogP contribution in [-0.2, 0) is 4.79 Å². The van der Waals surface area contributed by atoms with Gasteiger partial charge in [0.05, 0.1) is 11.1 Å². The minimum atomic E-state index is -0.570. The lowest BCUT2D eigenvalue weighted by molar-refractivity contribution is -0.384. The molecule has 27 heavy (non-hydrogen) atoms. The van der Waals surface area contributed by atoms with Crippen LogP contribution in [0.5, 0.6) is 5.75 Å². The summed E-state index contributed by atoms with van der Waals surface area (Å²) in [5.74, 6) is -0.609. The summed E-state index contributed by atoms with van der Waals surface area (Å²) in [6.07, 6.45) is 1.99. The molecule has 2 aromatic rings. The van der Waals surface area contributed by atoms with Gasteiger partial charge in [0, 0.05) is 30.7 Å². The van der Waals surface area contributed by atoms with Gasteiger partial charge in [-0.2, -0.15) is 5.10 Å². The van der Waals surface area contributed by atoms with Gasteiger partial charge in [0.15, 0.2) is 0 Å². The van der Waals surface area contributed by atoms with Gasteiger partial charge in [0.2, 0.25) is 5.91 Å². The summed E-state index contributed by atoms with van der Waals surface area (Å²) in [6, 6.07) is 11.7. The molecule has 3 N–H and O–H groups in total. The number of phenols is 1. The van der Waals surface area contributed by atoms with E-state index in [2.05, 4.69) is 15.8 Å². The van der Waals surface area contributed by atoms with E-state index in [1.54, 1.807) is 12.1 Å². The van der Waals surface area contributed by atoms with Crippen LogP contribution < -0.4 is 10.7 Å². The van der Waals surface area contributed by atoms with Crippen molar-refractivity contribution in [3.63, 3.8) is 0 Å². The molecule has 9 heteroatoms. The SMILES string of the molecule is O=C(CCCNC(=O)c1cccc([N+](=O)[O-])c1)NN=Cc1ccc(O)cc1. The number of carbonyl (C=O) groups is 2. The summed E-state index contributed by atoms with van der Waals surface area (Å²) in [5.41, 5.74) is 3.11. The predicted molar refractivity (Wildman–Crippen MR) is 98.5 cm³/mol. The van der Waals surface area contributed by atoms with Crippen molar-refractivity contribution in [2.75, 3.05) is 6.54 Å². The van der Waals surface area contributed by atoms with Crippen molar-refractivity contribution < 1.29 is 19.6 Å². The zero-order chi connectivity index (χ0) is 19.6. The van der Waals surface area contributed by atoms with Crippen LogP contribution in [0, 0.1) is 10.1 Å². The van der Waals surface area contributed by atoms with E-state index in [9.17, 15) is 19.7 Å². The maximum atomic E-state index is 11.9. The number of nitrogens with zero attached hydrogens (tertiary/aromatic N) is 2. The standard InChI is InChI=1S/C18H18N4O5/c23-16-8-6-13(7-9-16)12-20-21-17(24)5-2-10-19-18(25)14-3-1-4-15(11-14)22(26)27/h1,3-4,6-9,11-12,23H,2,5,10H2,(H,19,25)(H,21,24). The van der Waals surface area contributed by atoms with E-state index in [0.717, 1.165) is 5.56 Å². The first-order chi connectivity index (χ1) is 13.0. The van der Waals surface area contributed by atoms with Gasteiger partial charge in [-0.3, -0.25) is 19.7 Å². The van der Waals surface area contributed by atoms with Gasteiger partial charge in [-0.05, 0) is 42.3 Å². The summed E-state index contributed by atoms with van der Waals surface area (Å²) >= 11 is 0. The molecule has 0 aromatic heterocycles. The highest BCUT2D eigenvalue weighted by Crippen LogP contribution is 2.12. The molecule has 140 valence electrons. The van der Waals surface area contributed by atoms with E-state index < -0.39 is 10.8 Å². The Hall–Kier alpha value is -3.75. The average Bonchev–Trinajstić information content (AvgIpc) is 2.66. The van der Waals surface area contributed by atoms with Crippen molar-refractivity contribution in [3.8, 4) is 5.75 Å². The molecule has 0 heterocycles. The topological polar surface area (TPSA) is 134 Å². The fourth-order valence-corrected chi connectivity index (χ4v) is 2.11. The van der Waals surface area contributed by atoms with Crippen LogP contribution >= 0.6 is 0 Å². The lowest BCUT2D eigenvalue weighted by Gasteiger charge is -2.05. The molecule has 9 nitrogen and oxygen atoms in total. The number of phenolic OH excluding ortho intramolecular Hbond substituents is 1. The number of nitrogens with one attached hydrogen (secondary N) is 2. The molecular formula is C18H18N4O5. The third-order valence-corrected chi connectivity index (χ3v) is 3.48. The normalized spacial score (nSPS) is 10.5. The number of carbonyl (C=O) groups excluding carboxylic acids is 2. The molecule has 0 saturated heterocycles. The Morgan fingerprint density at radius 2 is 1.93 bits per heavy atom. The number of aromatic hydroxyl groups is 1. The second-order valence-corrected chi connectivity index (χ2v) is 5.55. The van der Waals surface area contributed by atoms with Gasteiger partial charge in [0.25, 0.3) is 11.6 Å². The highest BCUT2D eigenvalue weighted by Gasteiger charge is 2.11. The van der Waals surface area contributed by atoms with Gasteiger partial charge in [-0.15, -0.1) is 0 Å². The first-order valence-corrected chi connectivity index (χ1v) is 8.09. The van der Waals surface area contributed by atoms with Crippen molar-refractivity contribution in [1.29, 1.82) is 0 Å². The second kappa shape index (κ2) is 9.66. The Balaban J connectivity index is 1.69. The van der Waals surface area contributed by atoms with Gasteiger partial charge >= 0.3 is 0 Å². The van der Waals surface area contributed by atoms with E-state index >= 15 is 0 Å². The lowest BCUT2D eigenvalue weighted by Crippen LogP contribution is -2.26. The molecule has 2 amide bonds. The zero-order valence-corrected chi connectivity index (χ0v) is 14.3. The van der Waals surface area contributed by atoms with Crippen LogP contribution in [0.1, 0.15) is 28.8 Å². The van der Waals surface area contributed by atoms with Crippen molar-refractivity contribution in [2.24, 2.45) is 5.10 Å². The second-order valence-electron chi connectivity index (χ2n) is 5.55. The van der Waals surface area contributed by atoms with Gasteiger partial charge in [-0.1, -0.05) is 6.07 Å². The number of hydrogen-bond donors (Lipinski definition) is 3. The molecule has 0 aliphatic heterocycles. The van der Waals surface area contributed by atoms with E-state index in [1.165, 1.54) is 42.6 Å². The molecule has 2 aromatic carbocycles. The Labute approximate surface area is 154 Å². The first kappa shape index (κ1) is 19.6. The summed E-state index contributed by atoms with van der Waals surface area (Å²) in [6.45, 7) is 0.247. The van der Waals surface area contributed by atoms with E-state index in [-0.39, 0.29) is 35.9 Å². The smallest absolute Gasteiger partial charge is 0.270 e. The van der Waals surface area contributed by atoms with Crippen LogP contribution in [0.2, 0.25) is 0 Å². The van der Waals surface area contributed by atoms with Crippen LogP contribution in [0.25, 0.3) is 0 Å². The molecule has 0 atom stereocenters. The van der Waals surface area contributed by atoms with Gasteiger partial charge in [-0.25, -0.2) is 5.43 Å². The Bertz CT molecular complexity index is 849. The molecule has 0 fully saturated rings. The average molecular weight is 370 g/mol. The Morgan fingerprint density at radius 1 is 1.19 bits per heavy atom. The molecule has 0 aliphatic carbocycles. The summed E-state index contributed by atoms with van der Waals surface area (Å²) < 4.78 is 0. The van der Waals surface area contributed by atoms with Gasteiger partial charge < -0.3 is 10.4 Å². The minimum Gasteiger partial charge on any atom is -0.508 e. The molecule has 0 unspecified atom stereocenters. The number of hydrogen-bond acceptors (Lipinski definition) is 6. The number of nitro benzene ring substituents is 1. The lowest BCUT2D eigenvalue weighted by atomic mass is 10.2. The van der Waals surface area contributed by atoms with Crippen LogP contribution in [0.3, 0.4) is 0 Å². The zero-order valence-electron chi connectivity index (χ0n) is 14.3. The predicted octanol–water partition coefficient (Wildman–Crippen LogP) is 1.96. The molecular weight excluding hydrogens is 352 g/mol. The third kappa shape index (κ3) is 6.58. The number of benzene rings is 2. The van der Waals surface area contributed by atoms with Crippen LogP contribution in [0.4, 0.5) is 5.69 Å². The quantitative estimate of drug-likeness (QED) is 0.283. The van der Waals surface area contributed by atoms with Gasteiger partial charge in [0.1, 0.15) is 5.75 Å². The summed E-state index contributed by atoms with van der Waals surface area (Å²) in [7, 11) is 0. The van der Waals surface area contributed by atoms with Crippen LogP contribution in [0.15, 0.2) is 53.6 Å². The molecule has 0 aliphatic rings. The molecule has 2 rings (SSSR count). The molecule has 0 radical (unpaired) electrons. The number of hydrazone groups is 1. The fourth-order valence-electron chi connectivity index (χ4n) is 2.11. The third-order valence-electron chi connectivity index (χ3n) is 3.48. The Kier molecular flexibility index (Phi) is 7.00. The Morgan fingerprint density at radius 3 is 2.63 bits per heavy atom. The van der Waals surface area contributed by atoms with E-state index in [1.807, 2.05) is 0 Å². The molecule has 0 saturated carbocycles. The summed E-state index contributed by atoms with van der Waals surface area (Å²) in [5, 5.41) is 26.3. The van der Waals surface area contributed by atoms with Crippen molar-refractivity contribution in [2.45, 2.75) is 12.8 Å².